The third-order valence-corrected chi connectivity index (χ3v) is 7.34. The number of hydrogen-bond donors (Lipinski definition) is 1. The van der Waals surface area contributed by atoms with Crippen molar-refractivity contribution in [1.82, 2.24) is 4.90 Å². The Hall–Kier alpha value is -3.90. The predicted octanol–water partition coefficient (Wildman–Crippen LogP) is 5.95. The van der Waals surface area contributed by atoms with Crippen LogP contribution in [-0.4, -0.2) is 19.2 Å². The van der Waals surface area contributed by atoms with Gasteiger partial charge in [0.1, 0.15) is 0 Å². The SMILES string of the molecule is Cc1ccccc1NS(=O)(=O)c1cc(C(=O)N(Cc2ccccc2)Cc2ccccc2)ccc1C. The molecule has 4 rings (SSSR count). The van der Waals surface area contributed by atoms with Crippen LogP contribution in [-0.2, 0) is 23.1 Å². The standard InChI is InChI=1S/C29H28N2O3S/c1-22-11-9-10-16-27(22)30-35(33,34)28-19-26(18-17-23(28)2)29(32)31(20-24-12-5-3-6-13-24)21-25-14-7-4-8-15-25/h3-19,30H,20-21H2,1-2H3. The van der Waals surface area contributed by atoms with E-state index >= 15 is 0 Å². The zero-order chi connectivity index (χ0) is 24.8. The smallest absolute Gasteiger partial charge is 0.262 e. The van der Waals surface area contributed by atoms with Gasteiger partial charge in [0, 0.05) is 18.7 Å². The Labute approximate surface area is 207 Å². The first-order valence-electron chi connectivity index (χ1n) is 11.4. The van der Waals surface area contributed by atoms with Crippen molar-refractivity contribution in [1.29, 1.82) is 0 Å². The van der Waals surface area contributed by atoms with Crippen LogP contribution in [0.25, 0.3) is 0 Å². The van der Waals surface area contributed by atoms with E-state index in [4.69, 9.17) is 0 Å². The highest BCUT2D eigenvalue weighted by molar-refractivity contribution is 7.92. The number of carbonyl (C=O) groups excluding carboxylic acids is 1. The van der Waals surface area contributed by atoms with Crippen LogP contribution in [0.15, 0.2) is 108 Å². The molecule has 0 aliphatic carbocycles. The quantitative estimate of drug-likeness (QED) is 0.336. The molecule has 0 atom stereocenters. The first-order valence-corrected chi connectivity index (χ1v) is 12.9. The normalized spacial score (nSPS) is 11.1. The molecular formula is C29H28N2O3S. The summed E-state index contributed by atoms with van der Waals surface area (Å²) in [7, 11) is -3.89. The molecule has 0 saturated carbocycles. The number of amides is 1. The van der Waals surface area contributed by atoms with Gasteiger partial charge in [0.15, 0.2) is 0 Å². The molecule has 0 unspecified atom stereocenters. The summed E-state index contributed by atoms with van der Waals surface area (Å²) in [5.74, 6) is -0.231. The third kappa shape index (κ3) is 5.97. The highest BCUT2D eigenvalue weighted by Gasteiger charge is 2.23. The second-order valence-electron chi connectivity index (χ2n) is 8.53. The minimum Gasteiger partial charge on any atom is -0.330 e. The van der Waals surface area contributed by atoms with Gasteiger partial charge in [-0.3, -0.25) is 9.52 Å². The fourth-order valence-corrected chi connectivity index (χ4v) is 5.30. The van der Waals surface area contributed by atoms with E-state index in [2.05, 4.69) is 4.72 Å². The Morgan fingerprint density at radius 1 is 0.714 bits per heavy atom. The van der Waals surface area contributed by atoms with Crippen LogP contribution in [0.2, 0.25) is 0 Å². The van der Waals surface area contributed by atoms with Crippen molar-refractivity contribution >= 4 is 21.6 Å². The summed E-state index contributed by atoms with van der Waals surface area (Å²) >= 11 is 0. The summed E-state index contributed by atoms with van der Waals surface area (Å²) in [6.07, 6.45) is 0. The number of sulfonamides is 1. The van der Waals surface area contributed by atoms with Crippen molar-refractivity contribution in [2.24, 2.45) is 0 Å². The molecule has 0 aromatic heterocycles. The van der Waals surface area contributed by atoms with Crippen molar-refractivity contribution < 1.29 is 13.2 Å². The van der Waals surface area contributed by atoms with Crippen LogP contribution in [0.4, 0.5) is 5.69 Å². The largest absolute Gasteiger partial charge is 0.330 e. The summed E-state index contributed by atoms with van der Waals surface area (Å²) in [6.45, 7) is 4.39. The Bertz CT molecular complexity index is 1380. The molecule has 1 N–H and O–H groups in total. The third-order valence-electron chi connectivity index (χ3n) is 5.83. The summed E-state index contributed by atoms with van der Waals surface area (Å²) in [6, 6.07) is 31.6. The maximum atomic E-state index is 13.7. The van der Waals surface area contributed by atoms with Crippen LogP contribution in [0.1, 0.15) is 32.6 Å². The van der Waals surface area contributed by atoms with Crippen LogP contribution in [0.3, 0.4) is 0 Å². The monoisotopic (exact) mass is 484 g/mol. The lowest BCUT2D eigenvalue weighted by Gasteiger charge is -2.24. The zero-order valence-electron chi connectivity index (χ0n) is 19.8. The molecule has 35 heavy (non-hydrogen) atoms. The number of rotatable bonds is 8. The molecule has 178 valence electrons. The van der Waals surface area contributed by atoms with E-state index in [1.165, 1.54) is 6.07 Å². The molecule has 1 amide bonds. The number of nitrogens with zero attached hydrogens (tertiary/aromatic N) is 1. The lowest BCUT2D eigenvalue weighted by molar-refractivity contribution is 0.0729. The van der Waals surface area contributed by atoms with E-state index in [1.54, 1.807) is 36.1 Å². The number of hydrogen-bond acceptors (Lipinski definition) is 3. The highest BCUT2D eigenvalue weighted by Crippen LogP contribution is 2.24. The zero-order valence-corrected chi connectivity index (χ0v) is 20.6. The molecule has 0 aliphatic rings. The molecule has 0 saturated heterocycles. The Balaban J connectivity index is 1.67. The number of benzene rings is 4. The van der Waals surface area contributed by atoms with Crippen molar-refractivity contribution in [3.63, 3.8) is 0 Å². The summed E-state index contributed by atoms with van der Waals surface area (Å²) in [4.78, 5) is 15.5. The molecular weight excluding hydrogens is 456 g/mol. The van der Waals surface area contributed by atoms with Gasteiger partial charge < -0.3 is 4.90 Å². The second-order valence-corrected chi connectivity index (χ2v) is 10.2. The molecule has 4 aromatic rings. The predicted molar refractivity (Wildman–Crippen MR) is 140 cm³/mol. The first kappa shape index (κ1) is 24.2. The topological polar surface area (TPSA) is 66.5 Å². The molecule has 0 radical (unpaired) electrons. The first-order chi connectivity index (χ1) is 16.8. The number of nitrogens with one attached hydrogen (secondary N) is 1. The Morgan fingerprint density at radius 3 is 1.83 bits per heavy atom. The maximum absolute atomic E-state index is 13.7. The fraction of sp³-hybridized carbons (Fsp3) is 0.138. The van der Waals surface area contributed by atoms with Gasteiger partial charge in [-0.25, -0.2) is 8.42 Å². The molecule has 5 nitrogen and oxygen atoms in total. The van der Waals surface area contributed by atoms with Crippen molar-refractivity contribution in [2.45, 2.75) is 31.8 Å². The Morgan fingerprint density at radius 2 is 1.26 bits per heavy atom. The van der Waals surface area contributed by atoms with Gasteiger partial charge in [0.2, 0.25) is 0 Å². The van der Waals surface area contributed by atoms with Gasteiger partial charge in [-0.05, 0) is 54.3 Å². The van der Waals surface area contributed by atoms with Crippen molar-refractivity contribution in [2.75, 3.05) is 4.72 Å². The van der Waals surface area contributed by atoms with Gasteiger partial charge in [-0.2, -0.15) is 0 Å². The summed E-state index contributed by atoms with van der Waals surface area (Å²) in [5.41, 5.74) is 4.22. The summed E-state index contributed by atoms with van der Waals surface area (Å²) < 4.78 is 29.2. The second kappa shape index (κ2) is 10.6. The van der Waals surface area contributed by atoms with Gasteiger partial charge in [0.05, 0.1) is 10.6 Å². The number of aryl methyl sites for hydroxylation is 2. The van der Waals surface area contributed by atoms with E-state index in [0.29, 0.717) is 29.9 Å². The minimum absolute atomic E-state index is 0.0889. The molecule has 6 heteroatoms. The van der Waals surface area contributed by atoms with Crippen LogP contribution in [0, 0.1) is 13.8 Å². The van der Waals surface area contributed by atoms with Gasteiger partial charge in [-0.15, -0.1) is 0 Å². The molecule has 4 aromatic carbocycles. The van der Waals surface area contributed by atoms with Crippen LogP contribution < -0.4 is 4.72 Å². The van der Waals surface area contributed by atoms with E-state index in [9.17, 15) is 13.2 Å². The molecule has 0 bridgehead atoms. The Kier molecular flexibility index (Phi) is 7.32. The number of carbonyl (C=O) groups is 1. The number of para-hydroxylation sites is 1. The van der Waals surface area contributed by atoms with Gasteiger partial charge >= 0.3 is 0 Å². The molecule has 0 aliphatic heterocycles. The van der Waals surface area contributed by atoms with E-state index in [0.717, 1.165) is 16.7 Å². The molecule has 0 spiro atoms. The lowest BCUT2D eigenvalue weighted by atomic mass is 10.1. The van der Waals surface area contributed by atoms with E-state index in [-0.39, 0.29) is 10.8 Å². The minimum atomic E-state index is -3.89. The van der Waals surface area contributed by atoms with Crippen LogP contribution in [0.5, 0.6) is 0 Å². The van der Waals surface area contributed by atoms with Crippen molar-refractivity contribution in [3.8, 4) is 0 Å². The highest BCUT2D eigenvalue weighted by atomic mass is 32.2. The number of anilines is 1. The molecule has 0 heterocycles. The fourth-order valence-electron chi connectivity index (χ4n) is 3.90. The average Bonchev–Trinajstić information content (AvgIpc) is 2.86. The lowest BCUT2D eigenvalue weighted by Crippen LogP contribution is -2.30. The maximum Gasteiger partial charge on any atom is 0.262 e. The van der Waals surface area contributed by atoms with E-state index in [1.807, 2.05) is 79.7 Å². The average molecular weight is 485 g/mol. The summed E-state index contributed by atoms with van der Waals surface area (Å²) in [5, 5.41) is 0. The van der Waals surface area contributed by atoms with Crippen molar-refractivity contribution in [3.05, 3.63) is 131 Å². The molecule has 0 fully saturated rings. The van der Waals surface area contributed by atoms with E-state index < -0.39 is 10.0 Å². The van der Waals surface area contributed by atoms with Gasteiger partial charge in [-0.1, -0.05) is 84.9 Å². The van der Waals surface area contributed by atoms with Crippen LogP contribution >= 0.6 is 0 Å². The van der Waals surface area contributed by atoms with Gasteiger partial charge in [0.25, 0.3) is 15.9 Å².